The molecule has 0 radical (unpaired) electrons. The molecule has 1 unspecified atom stereocenters. The van der Waals surface area contributed by atoms with Crippen LogP contribution in [0.2, 0.25) is 0 Å². The molecule has 8 heteroatoms. The Bertz CT molecular complexity index is 712. The Labute approximate surface area is 155 Å². The van der Waals surface area contributed by atoms with Crippen molar-refractivity contribution < 1.29 is 17.9 Å². The molecular formula is C18H27N3O4S. The van der Waals surface area contributed by atoms with Crippen LogP contribution in [0.3, 0.4) is 0 Å². The van der Waals surface area contributed by atoms with E-state index in [-0.39, 0.29) is 23.6 Å². The number of urea groups is 1. The van der Waals surface area contributed by atoms with Gasteiger partial charge in [-0.15, -0.1) is 0 Å². The van der Waals surface area contributed by atoms with E-state index in [9.17, 15) is 13.2 Å². The largest absolute Gasteiger partial charge is 0.497 e. The van der Waals surface area contributed by atoms with Gasteiger partial charge in [0, 0.05) is 38.8 Å². The van der Waals surface area contributed by atoms with Gasteiger partial charge in [-0.1, -0.05) is 12.1 Å². The second-order valence-corrected chi connectivity index (χ2v) is 9.20. The summed E-state index contributed by atoms with van der Waals surface area (Å²) in [6, 6.07) is 7.74. The minimum Gasteiger partial charge on any atom is -0.497 e. The summed E-state index contributed by atoms with van der Waals surface area (Å²) in [5.41, 5.74) is 1.27. The number of carbonyl (C=O) groups is 1. The van der Waals surface area contributed by atoms with Crippen LogP contribution in [0, 0.1) is 0 Å². The number of amides is 2. The lowest BCUT2D eigenvalue weighted by Gasteiger charge is -2.35. The van der Waals surface area contributed by atoms with Gasteiger partial charge < -0.3 is 15.0 Å². The van der Waals surface area contributed by atoms with Gasteiger partial charge >= 0.3 is 6.03 Å². The first kappa shape index (κ1) is 19.0. The van der Waals surface area contributed by atoms with Gasteiger partial charge in [-0.25, -0.2) is 13.2 Å². The number of hydrogen-bond donors (Lipinski definition) is 1. The van der Waals surface area contributed by atoms with E-state index in [2.05, 4.69) is 22.3 Å². The first-order chi connectivity index (χ1) is 12.4. The standard InChI is InChI=1S/C18H27N3O4S/c1-25-17-4-2-15(3-5-17)6-8-20-9-11-21(12-10-20)18(22)19-16-7-13-26(23,24)14-16/h2-5,16H,6-14H2,1H3,(H,19,22). The van der Waals surface area contributed by atoms with E-state index in [1.807, 2.05) is 12.1 Å². The summed E-state index contributed by atoms with van der Waals surface area (Å²) >= 11 is 0. The summed E-state index contributed by atoms with van der Waals surface area (Å²) in [5.74, 6) is 1.11. The van der Waals surface area contributed by atoms with E-state index in [1.165, 1.54) is 5.56 Å². The summed E-state index contributed by atoms with van der Waals surface area (Å²) in [7, 11) is -1.31. The quantitative estimate of drug-likeness (QED) is 0.814. The Morgan fingerprint density at radius 3 is 2.46 bits per heavy atom. The van der Waals surface area contributed by atoms with Crippen molar-refractivity contribution in [1.29, 1.82) is 0 Å². The molecule has 0 saturated carbocycles. The van der Waals surface area contributed by atoms with Crippen molar-refractivity contribution in [3.63, 3.8) is 0 Å². The third kappa shape index (κ3) is 5.11. The first-order valence-electron chi connectivity index (χ1n) is 9.06. The SMILES string of the molecule is COc1ccc(CCN2CCN(C(=O)NC3CCS(=O)(=O)C3)CC2)cc1. The van der Waals surface area contributed by atoms with Gasteiger partial charge in [-0.2, -0.15) is 0 Å². The molecule has 1 N–H and O–H groups in total. The lowest BCUT2D eigenvalue weighted by molar-refractivity contribution is 0.138. The third-order valence-corrected chi connectivity index (χ3v) is 6.86. The van der Waals surface area contributed by atoms with E-state index < -0.39 is 9.84 Å². The van der Waals surface area contributed by atoms with E-state index in [0.29, 0.717) is 19.5 Å². The molecular weight excluding hydrogens is 354 g/mol. The van der Waals surface area contributed by atoms with Gasteiger partial charge in [-0.05, 0) is 30.5 Å². The number of carbonyl (C=O) groups excluding carboxylic acids is 1. The van der Waals surface area contributed by atoms with Crippen LogP contribution < -0.4 is 10.1 Å². The number of nitrogens with one attached hydrogen (secondary N) is 1. The molecule has 2 aliphatic rings. The van der Waals surface area contributed by atoms with E-state index in [4.69, 9.17) is 4.74 Å². The molecule has 2 fully saturated rings. The molecule has 1 aromatic carbocycles. The van der Waals surface area contributed by atoms with E-state index in [1.54, 1.807) is 12.0 Å². The molecule has 0 aromatic heterocycles. The first-order valence-corrected chi connectivity index (χ1v) is 10.9. The smallest absolute Gasteiger partial charge is 0.317 e. The molecule has 2 heterocycles. The monoisotopic (exact) mass is 381 g/mol. The summed E-state index contributed by atoms with van der Waals surface area (Å²) in [6.07, 6.45) is 1.49. The highest BCUT2D eigenvalue weighted by molar-refractivity contribution is 7.91. The van der Waals surface area contributed by atoms with Crippen molar-refractivity contribution in [2.24, 2.45) is 0 Å². The molecule has 144 valence electrons. The highest BCUT2D eigenvalue weighted by atomic mass is 32.2. The number of hydrogen-bond acceptors (Lipinski definition) is 5. The molecule has 2 saturated heterocycles. The molecule has 2 amide bonds. The Kier molecular flexibility index (Phi) is 6.03. The van der Waals surface area contributed by atoms with Crippen LogP contribution in [-0.2, 0) is 16.3 Å². The van der Waals surface area contributed by atoms with Crippen LogP contribution in [0.1, 0.15) is 12.0 Å². The normalized spacial score (nSPS) is 23.0. The van der Waals surface area contributed by atoms with Crippen LogP contribution in [0.15, 0.2) is 24.3 Å². The Balaban J connectivity index is 1.38. The van der Waals surface area contributed by atoms with Crippen LogP contribution in [0.4, 0.5) is 4.79 Å². The zero-order chi connectivity index (χ0) is 18.6. The van der Waals surface area contributed by atoms with Gasteiger partial charge in [0.05, 0.1) is 18.6 Å². The van der Waals surface area contributed by atoms with Crippen LogP contribution >= 0.6 is 0 Å². The molecule has 2 aliphatic heterocycles. The zero-order valence-electron chi connectivity index (χ0n) is 15.2. The maximum atomic E-state index is 12.3. The van der Waals surface area contributed by atoms with Crippen molar-refractivity contribution in [1.82, 2.24) is 15.1 Å². The molecule has 7 nitrogen and oxygen atoms in total. The average Bonchev–Trinajstić information content (AvgIpc) is 2.99. The van der Waals surface area contributed by atoms with Crippen LogP contribution in [0.5, 0.6) is 5.75 Å². The summed E-state index contributed by atoms with van der Waals surface area (Å²) in [6.45, 7) is 3.99. The molecule has 26 heavy (non-hydrogen) atoms. The van der Waals surface area contributed by atoms with E-state index >= 15 is 0 Å². The maximum absolute atomic E-state index is 12.3. The number of sulfone groups is 1. The summed E-state index contributed by atoms with van der Waals surface area (Å²) in [4.78, 5) is 16.4. The average molecular weight is 381 g/mol. The van der Waals surface area contributed by atoms with Crippen molar-refractivity contribution in [3.8, 4) is 5.75 Å². The Hall–Kier alpha value is -1.80. The Morgan fingerprint density at radius 1 is 1.19 bits per heavy atom. The predicted octanol–water partition coefficient (Wildman–Crippen LogP) is 0.752. The maximum Gasteiger partial charge on any atom is 0.317 e. The number of rotatable bonds is 5. The lowest BCUT2D eigenvalue weighted by atomic mass is 10.1. The van der Waals surface area contributed by atoms with Gasteiger partial charge in [0.2, 0.25) is 0 Å². The second-order valence-electron chi connectivity index (χ2n) is 6.98. The van der Waals surface area contributed by atoms with Crippen LogP contribution in [0.25, 0.3) is 0 Å². The molecule has 0 aliphatic carbocycles. The molecule has 3 rings (SSSR count). The highest BCUT2D eigenvalue weighted by Crippen LogP contribution is 2.14. The molecule has 0 spiro atoms. The molecule has 1 atom stereocenters. The van der Waals surface area contributed by atoms with Crippen molar-refractivity contribution in [3.05, 3.63) is 29.8 Å². The number of benzene rings is 1. The fourth-order valence-electron chi connectivity index (χ4n) is 3.43. The highest BCUT2D eigenvalue weighted by Gasteiger charge is 2.30. The summed E-state index contributed by atoms with van der Waals surface area (Å²) < 4.78 is 28.1. The topological polar surface area (TPSA) is 79.0 Å². The van der Waals surface area contributed by atoms with E-state index in [0.717, 1.165) is 31.8 Å². The second kappa shape index (κ2) is 8.26. The van der Waals surface area contributed by atoms with Crippen molar-refractivity contribution in [2.75, 3.05) is 51.3 Å². The van der Waals surface area contributed by atoms with Gasteiger partial charge in [0.15, 0.2) is 9.84 Å². The number of nitrogens with zero attached hydrogens (tertiary/aromatic N) is 2. The molecule has 0 bridgehead atoms. The fourth-order valence-corrected chi connectivity index (χ4v) is 5.10. The van der Waals surface area contributed by atoms with Crippen molar-refractivity contribution >= 4 is 15.9 Å². The van der Waals surface area contributed by atoms with Crippen LogP contribution in [-0.4, -0.2) is 81.6 Å². The minimum atomic E-state index is -2.97. The van der Waals surface area contributed by atoms with Gasteiger partial charge in [0.25, 0.3) is 0 Å². The van der Waals surface area contributed by atoms with Gasteiger partial charge in [0.1, 0.15) is 5.75 Å². The number of ether oxygens (including phenoxy) is 1. The predicted molar refractivity (Wildman–Crippen MR) is 100 cm³/mol. The zero-order valence-corrected chi connectivity index (χ0v) is 16.0. The third-order valence-electron chi connectivity index (χ3n) is 5.10. The minimum absolute atomic E-state index is 0.0700. The fraction of sp³-hybridized carbons (Fsp3) is 0.611. The van der Waals surface area contributed by atoms with Crippen molar-refractivity contribution in [2.45, 2.75) is 18.9 Å². The Morgan fingerprint density at radius 2 is 1.88 bits per heavy atom. The summed E-state index contributed by atoms with van der Waals surface area (Å²) in [5, 5.41) is 2.87. The number of piperazine rings is 1. The number of methoxy groups -OCH3 is 1. The molecule has 1 aromatic rings. The lowest BCUT2D eigenvalue weighted by Crippen LogP contribution is -2.53. The van der Waals surface area contributed by atoms with Gasteiger partial charge in [-0.3, -0.25) is 4.90 Å².